The first-order valence-electron chi connectivity index (χ1n) is 6.27. The minimum absolute atomic E-state index is 0.304. The van der Waals surface area contributed by atoms with E-state index < -0.39 is 14.6 Å². The Hall–Kier alpha value is -1.14. The van der Waals surface area contributed by atoms with Crippen LogP contribution in [0.25, 0.3) is 11.0 Å². The van der Waals surface area contributed by atoms with E-state index in [0.717, 1.165) is 11.0 Å². The van der Waals surface area contributed by atoms with E-state index in [-0.39, 0.29) is 5.38 Å². The van der Waals surface area contributed by atoms with Crippen molar-refractivity contribution < 1.29 is 8.42 Å². The lowest BCUT2D eigenvalue weighted by Gasteiger charge is -2.24. The second kappa shape index (κ2) is 5.00. The average molecular weight is 316 g/mol. The summed E-state index contributed by atoms with van der Waals surface area (Å²) < 4.78 is 24.8. The molecule has 0 aliphatic rings. The molecule has 0 saturated heterocycles. The summed E-state index contributed by atoms with van der Waals surface area (Å²) >= 11 is 6.17. The predicted octanol–water partition coefficient (Wildman–Crippen LogP) is 2.55. The van der Waals surface area contributed by atoms with Crippen LogP contribution in [-0.2, 0) is 16.4 Å². The minimum Gasteiger partial charge on any atom is -0.325 e. The van der Waals surface area contributed by atoms with E-state index in [0.29, 0.717) is 12.4 Å². The van der Waals surface area contributed by atoms with Gasteiger partial charge in [-0.3, -0.25) is 4.98 Å². The van der Waals surface area contributed by atoms with Crippen LogP contribution in [0.4, 0.5) is 0 Å². The van der Waals surface area contributed by atoms with E-state index in [2.05, 4.69) is 9.97 Å². The van der Waals surface area contributed by atoms with Gasteiger partial charge in [-0.1, -0.05) is 0 Å². The van der Waals surface area contributed by atoms with Crippen LogP contribution in [0.1, 0.15) is 32.0 Å². The van der Waals surface area contributed by atoms with Crippen LogP contribution in [-0.4, -0.2) is 34.0 Å². The van der Waals surface area contributed by atoms with Gasteiger partial charge in [-0.2, -0.15) is 0 Å². The number of rotatable bonds is 4. The number of halogens is 1. The second-order valence-electron chi connectivity index (χ2n) is 5.57. The zero-order valence-electron chi connectivity index (χ0n) is 12.0. The molecule has 0 amide bonds. The molecular formula is C13H18ClN3O2S. The summed E-state index contributed by atoms with van der Waals surface area (Å²) in [5.74, 6) is 0.659. The quantitative estimate of drug-likeness (QED) is 0.813. The number of hydrogen-bond donors (Lipinski definition) is 0. The van der Waals surface area contributed by atoms with E-state index in [4.69, 9.17) is 11.6 Å². The van der Waals surface area contributed by atoms with Gasteiger partial charge >= 0.3 is 0 Å². The number of pyridine rings is 1. The maximum absolute atomic E-state index is 11.9. The topological polar surface area (TPSA) is 64.8 Å². The number of alkyl halides is 1. The molecule has 0 aliphatic heterocycles. The molecular weight excluding hydrogens is 298 g/mol. The summed E-state index contributed by atoms with van der Waals surface area (Å²) in [6.45, 7) is 5.54. The highest BCUT2D eigenvalue weighted by molar-refractivity contribution is 7.92. The van der Waals surface area contributed by atoms with Crippen molar-refractivity contribution in [1.29, 1.82) is 0 Å². The Morgan fingerprint density at radius 1 is 1.45 bits per heavy atom. The van der Waals surface area contributed by atoms with Crippen molar-refractivity contribution in [3.63, 3.8) is 0 Å². The molecule has 1 atom stereocenters. The van der Waals surface area contributed by atoms with Gasteiger partial charge in [0.2, 0.25) is 0 Å². The standard InChI is InChI=1S/C13H18ClN3O2S/c1-9(14)12-16-10-7-15-6-5-11(10)17(12)8-13(2,3)20(4,18)19/h5-7,9H,8H2,1-4H3. The van der Waals surface area contributed by atoms with Crippen molar-refractivity contribution in [3.8, 4) is 0 Å². The highest BCUT2D eigenvalue weighted by atomic mass is 35.5. The van der Waals surface area contributed by atoms with Gasteiger partial charge in [0.1, 0.15) is 11.3 Å². The van der Waals surface area contributed by atoms with Crippen molar-refractivity contribution in [1.82, 2.24) is 14.5 Å². The van der Waals surface area contributed by atoms with Gasteiger partial charge in [-0.05, 0) is 26.8 Å². The first kappa shape index (κ1) is 15.3. The third-order valence-electron chi connectivity index (χ3n) is 3.48. The summed E-state index contributed by atoms with van der Waals surface area (Å²) in [7, 11) is -3.20. The normalized spacial score (nSPS) is 14.7. The number of nitrogens with zero attached hydrogens (tertiary/aromatic N) is 3. The number of sulfone groups is 1. The third-order valence-corrected chi connectivity index (χ3v) is 5.81. The van der Waals surface area contributed by atoms with Crippen LogP contribution in [0.15, 0.2) is 18.5 Å². The van der Waals surface area contributed by atoms with Gasteiger partial charge < -0.3 is 4.57 Å². The van der Waals surface area contributed by atoms with Crippen LogP contribution in [0.3, 0.4) is 0 Å². The van der Waals surface area contributed by atoms with Crippen molar-refractivity contribution in [2.75, 3.05) is 6.26 Å². The Labute approximate surface area is 123 Å². The van der Waals surface area contributed by atoms with Gasteiger partial charge in [-0.25, -0.2) is 13.4 Å². The molecule has 1 unspecified atom stereocenters. The molecule has 2 rings (SSSR count). The molecule has 2 heterocycles. The van der Waals surface area contributed by atoms with E-state index in [9.17, 15) is 8.42 Å². The predicted molar refractivity (Wildman–Crippen MR) is 80.7 cm³/mol. The lowest BCUT2D eigenvalue weighted by Crippen LogP contribution is -2.36. The maximum Gasteiger partial charge on any atom is 0.154 e. The molecule has 0 aromatic carbocycles. The minimum atomic E-state index is -3.20. The zero-order valence-corrected chi connectivity index (χ0v) is 13.5. The molecule has 0 bridgehead atoms. The first-order chi connectivity index (χ1) is 9.13. The smallest absolute Gasteiger partial charge is 0.154 e. The Bertz CT molecular complexity index is 735. The Morgan fingerprint density at radius 2 is 2.10 bits per heavy atom. The molecule has 0 N–H and O–H groups in total. The van der Waals surface area contributed by atoms with Crippen LogP contribution in [0, 0.1) is 0 Å². The lowest BCUT2D eigenvalue weighted by atomic mass is 10.2. The number of aromatic nitrogens is 3. The van der Waals surface area contributed by atoms with Crippen molar-refractivity contribution in [2.24, 2.45) is 0 Å². The second-order valence-corrected chi connectivity index (χ2v) is 8.87. The van der Waals surface area contributed by atoms with Crippen molar-refractivity contribution in [2.45, 2.75) is 37.4 Å². The molecule has 0 fully saturated rings. The summed E-state index contributed by atoms with van der Waals surface area (Å²) in [5, 5.41) is -0.308. The Kier molecular flexibility index (Phi) is 3.81. The van der Waals surface area contributed by atoms with Gasteiger partial charge in [0.25, 0.3) is 0 Å². The van der Waals surface area contributed by atoms with Crippen LogP contribution in [0.2, 0.25) is 0 Å². The monoisotopic (exact) mass is 315 g/mol. The molecule has 20 heavy (non-hydrogen) atoms. The molecule has 0 radical (unpaired) electrons. The first-order valence-corrected chi connectivity index (χ1v) is 8.60. The lowest BCUT2D eigenvalue weighted by molar-refractivity contribution is 0.499. The fraction of sp³-hybridized carbons (Fsp3) is 0.538. The number of imidazole rings is 1. The largest absolute Gasteiger partial charge is 0.325 e. The zero-order chi connectivity index (χ0) is 15.1. The van der Waals surface area contributed by atoms with Crippen LogP contribution < -0.4 is 0 Å². The van der Waals surface area contributed by atoms with Gasteiger partial charge in [0.05, 0.1) is 21.8 Å². The fourth-order valence-electron chi connectivity index (χ4n) is 1.97. The van der Waals surface area contributed by atoms with Crippen molar-refractivity contribution >= 4 is 32.5 Å². The summed E-state index contributed by atoms with van der Waals surface area (Å²) in [6, 6.07) is 1.82. The molecule has 5 nitrogen and oxygen atoms in total. The van der Waals surface area contributed by atoms with E-state index in [1.54, 1.807) is 26.2 Å². The molecule has 2 aromatic rings. The summed E-state index contributed by atoms with van der Waals surface area (Å²) in [6.07, 6.45) is 4.57. The molecule has 0 saturated carbocycles. The van der Waals surface area contributed by atoms with E-state index >= 15 is 0 Å². The third kappa shape index (κ3) is 2.67. The molecule has 2 aromatic heterocycles. The highest BCUT2D eigenvalue weighted by Gasteiger charge is 2.32. The van der Waals surface area contributed by atoms with E-state index in [1.165, 1.54) is 6.26 Å². The fourth-order valence-corrected chi connectivity index (χ4v) is 2.50. The Balaban J connectivity index is 2.61. The number of fused-ring (bicyclic) bond motifs is 1. The van der Waals surface area contributed by atoms with Gasteiger partial charge in [-0.15, -0.1) is 11.6 Å². The van der Waals surface area contributed by atoms with Gasteiger partial charge in [0.15, 0.2) is 9.84 Å². The summed E-state index contributed by atoms with van der Waals surface area (Å²) in [5.41, 5.74) is 1.57. The number of hydrogen-bond acceptors (Lipinski definition) is 4. The molecule has 0 spiro atoms. The maximum atomic E-state index is 11.9. The Morgan fingerprint density at radius 3 is 2.65 bits per heavy atom. The van der Waals surface area contributed by atoms with E-state index in [1.807, 2.05) is 17.6 Å². The SMILES string of the molecule is CC(Cl)c1nc2cnccc2n1CC(C)(C)S(C)(=O)=O. The molecule has 7 heteroatoms. The van der Waals surface area contributed by atoms with Crippen molar-refractivity contribution in [3.05, 3.63) is 24.3 Å². The average Bonchev–Trinajstić information content (AvgIpc) is 2.67. The molecule has 110 valence electrons. The summed E-state index contributed by atoms with van der Waals surface area (Å²) in [4.78, 5) is 8.49. The van der Waals surface area contributed by atoms with Gasteiger partial charge in [0, 0.05) is 19.0 Å². The molecule has 0 aliphatic carbocycles. The van der Waals surface area contributed by atoms with Crippen LogP contribution in [0.5, 0.6) is 0 Å². The highest BCUT2D eigenvalue weighted by Crippen LogP contribution is 2.28. The van der Waals surface area contributed by atoms with Crippen LogP contribution >= 0.6 is 11.6 Å².